The predicted molar refractivity (Wildman–Crippen MR) is 162 cm³/mol. The second kappa shape index (κ2) is 32.7. The van der Waals surface area contributed by atoms with E-state index in [0.717, 1.165) is 44.2 Å². The zero-order valence-corrected chi connectivity index (χ0v) is 23.9. The van der Waals surface area contributed by atoms with Crippen molar-refractivity contribution in [1.29, 1.82) is 0 Å². The maximum absolute atomic E-state index is 11.1. The van der Waals surface area contributed by atoms with E-state index in [1.807, 2.05) is 95.4 Å². The largest absolute Gasteiger partial charge is 0.497 e. The molecule has 0 aliphatic heterocycles. The Morgan fingerprint density at radius 2 is 1.68 bits per heavy atom. The molecule has 1 aliphatic rings. The Bertz CT molecular complexity index is 755. The molecule has 1 N–H and O–H groups in total. The minimum absolute atomic E-state index is 0.524. The first kappa shape index (κ1) is 38.2. The summed E-state index contributed by atoms with van der Waals surface area (Å²) in [5.41, 5.74) is 0.968. The van der Waals surface area contributed by atoms with Crippen LogP contribution in [0.4, 0.5) is 0 Å². The summed E-state index contributed by atoms with van der Waals surface area (Å²) in [5, 5.41) is 9.13. The third kappa shape index (κ3) is 27.1. The normalized spacial score (nSPS) is 13.2. The number of nitrogens with zero attached hydrogens (tertiary/aromatic N) is 1. The molecule has 1 unspecified atom stereocenters. The number of carboxylic acids is 1. The monoisotopic (exact) mass is 513 g/mol. The SMILES string of the molecule is C=CC/C=C/C1=CCCC=C1OC(CCC)C(=O)O.C=CC/C=C/OC/C=C/C.C=NC/C=C/C.CC. The second-order valence-electron chi connectivity index (χ2n) is 7.24. The van der Waals surface area contributed by atoms with Crippen molar-refractivity contribution in [2.24, 2.45) is 4.99 Å². The maximum Gasteiger partial charge on any atom is 0.344 e. The summed E-state index contributed by atoms with van der Waals surface area (Å²) in [6.45, 7) is 21.8. The Morgan fingerprint density at radius 1 is 1.05 bits per heavy atom. The Labute approximate surface area is 227 Å². The smallest absolute Gasteiger partial charge is 0.344 e. The quantitative estimate of drug-likeness (QED) is 0.103. The molecular weight excluding hydrogens is 462 g/mol. The number of carbonyl (C=O) groups is 1. The van der Waals surface area contributed by atoms with Crippen LogP contribution in [0.15, 0.2) is 103 Å². The first-order chi connectivity index (χ1) is 18.0. The Balaban J connectivity index is -0.000000537. The van der Waals surface area contributed by atoms with Crippen LogP contribution in [0.1, 0.15) is 73.1 Å². The highest BCUT2D eigenvalue weighted by molar-refractivity contribution is 5.72. The van der Waals surface area contributed by atoms with E-state index in [9.17, 15) is 4.79 Å². The van der Waals surface area contributed by atoms with Crippen LogP contribution in [0.3, 0.4) is 0 Å². The van der Waals surface area contributed by atoms with E-state index in [4.69, 9.17) is 14.6 Å². The number of ether oxygens (including phenoxy) is 2. The van der Waals surface area contributed by atoms with E-state index in [1.165, 1.54) is 0 Å². The van der Waals surface area contributed by atoms with Gasteiger partial charge in [-0.15, -0.1) is 13.2 Å². The van der Waals surface area contributed by atoms with Crippen molar-refractivity contribution in [1.82, 2.24) is 0 Å². The lowest BCUT2D eigenvalue weighted by Gasteiger charge is -2.20. The standard InChI is InChI=1S/C16H22O3.C9H14O.C5H9N.C2H6/c1-3-5-6-10-13-11-7-8-12-14(13)19-15(9-4-2)16(17)18;1-3-5-7-9-10-8-6-4-2;1-3-4-5-6-2;1-2/h3,6,10-12,15H,1,4-5,7-9H2,2H3,(H,17,18);3-4,6-7,9H,1,5,8H2,2H3;3-4H,2,5H2,1H3;1-2H3/b10-6+;6-4+,9-7+;4-3+;. The number of allylic oxidation sites excluding steroid dienone is 9. The van der Waals surface area contributed by atoms with Gasteiger partial charge < -0.3 is 14.6 Å². The van der Waals surface area contributed by atoms with Crippen molar-refractivity contribution >= 4 is 12.7 Å². The summed E-state index contributed by atoms with van der Waals surface area (Å²) < 4.78 is 10.7. The van der Waals surface area contributed by atoms with Crippen molar-refractivity contribution in [2.45, 2.75) is 79.2 Å². The second-order valence-corrected chi connectivity index (χ2v) is 7.24. The molecule has 0 saturated carbocycles. The molecule has 1 aliphatic carbocycles. The summed E-state index contributed by atoms with van der Waals surface area (Å²) in [6, 6.07) is 0. The van der Waals surface area contributed by atoms with Gasteiger partial charge in [0, 0.05) is 5.57 Å². The van der Waals surface area contributed by atoms with Crippen LogP contribution in [-0.4, -0.2) is 37.0 Å². The fraction of sp³-hybridized carbons (Fsp3) is 0.438. The van der Waals surface area contributed by atoms with Crippen LogP contribution in [-0.2, 0) is 14.3 Å². The zero-order chi connectivity index (χ0) is 28.6. The van der Waals surface area contributed by atoms with Crippen molar-refractivity contribution < 1.29 is 19.4 Å². The molecule has 1 atom stereocenters. The molecule has 0 aromatic carbocycles. The van der Waals surface area contributed by atoms with Crippen LogP contribution in [0, 0.1) is 0 Å². The van der Waals surface area contributed by atoms with Gasteiger partial charge in [0.2, 0.25) is 0 Å². The van der Waals surface area contributed by atoms with E-state index in [-0.39, 0.29) is 0 Å². The van der Waals surface area contributed by atoms with Crippen LogP contribution < -0.4 is 0 Å². The third-order valence-corrected chi connectivity index (χ3v) is 4.23. The predicted octanol–water partition coefficient (Wildman–Crippen LogP) is 8.95. The van der Waals surface area contributed by atoms with Crippen LogP contribution in [0.25, 0.3) is 0 Å². The molecule has 0 amide bonds. The molecule has 37 heavy (non-hydrogen) atoms. The Morgan fingerprint density at radius 3 is 2.19 bits per heavy atom. The van der Waals surface area contributed by atoms with Gasteiger partial charge in [0.05, 0.1) is 12.8 Å². The summed E-state index contributed by atoms with van der Waals surface area (Å²) in [6.07, 6.45) is 27.2. The van der Waals surface area contributed by atoms with Crippen molar-refractivity contribution in [3.05, 3.63) is 97.6 Å². The van der Waals surface area contributed by atoms with E-state index in [1.54, 1.807) is 6.26 Å². The topological polar surface area (TPSA) is 68.1 Å². The first-order valence-corrected chi connectivity index (χ1v) is 13.1. The lowest BCUT2D eigenvalue weighted by Crippen LogP contribution is -2.24. The molecule has 0 spiro atoms. The van der Waals surface area contributed by atoms with E-state index < -0.39 is 12.1 Å². The highest BCUT2D eigenvalue weighted by Gasteiger charge is 2.21. The summed E-state index contributed by atoms with van der Waals surface area (Å²) in [4.78, 5) is 14.7. The molecule has 5 nitrogen and oxygen atoms in total. The minimum Gasteiger partial charge on any atom is -0.497 e. The molecule has 208 valence electrons. The van der Waals surface area contributed by atoms with Gasteiger partial charge in [-0.3, -0.25) is 4.99 Å². The number of hydrogen-bond donors (Lipinski definition) is 1. The molecule has 0 radical (unpaired) electrons. The molecule has 0 aromatic rings. The molecule has 0 saturated heterocycles. The van der Waals surface area contributed by atoms with Gasteiger partial charge in [0.25, 0.3) is 0 Å². The van der Waals surface area contributed by atoms with Crippen molar-refractivity contribution in [2.75, 3.05) is 13.2 Å². The Kier molecular flexibility index (Phi) is 33.7. The van der Waals surface area contributed by atoms with Gasteiger partial charge in [-0.05, 0) is 64.8 Å². The molecule has 0 fully saturated rings. The lowest BCUT2D eigenvalue weighted by molar-refractivity contribution is -0.148. The number of hydrogen-bond acceptors (Lipinski definition) is 4. The highest BCUT2D eigenvalue weighted by Crippen LogP contribution is 2.23. The zero-order valence-electron chi connectivity index (χ0n) is 23.9. The maximum atomic E-state index is 11.1. The lowest BCUT2D eigenvalue weighted by atomic mass is 10.0. The minimum atomic E-state index is -0.900. The van der Waals surface area contributed by atoms with Crippen LogP contribution in [0.2, 0.25) is 0 Å². The number of aliphatic carboxylic acids is 1. The van der Waals surface area contributed by atoms with Crippen LogP contribution in [0.5, 0.6) is 0 Å². The number of rotatable bonds is 15. The van der Waals surface area contributed by atoms with Crippen molar-refractivity contribution in [3.63, 3.8) is 0 Å². The van der Waals surface area contributed by atoms with Gasteiger partial charge in [-0.25, -0.2) is 4.79 Å². The van der Waals surface area contributed by atoms with E-state index in [0.29, 0.717) is 18.8 Å². The molecule has 0 bridgehead atoms. The van der Waals surface area contributed by atoms with Gasteiger partial charge in [0.1, 0.15) is 12.4 Å². The Hall–Kier alpha value is -3.34. The summed E-state index contributed by atoms with van der Waals surface area (Å²) in [7, 11) is 0. The average Bonchev–Trinajstić information content (AvgIpc) is 2.92. The van der Waals surface area contributed by atoms with Gasteiger partial charge in [-0.2, -0.15) is 0 Å². The molecule has 0 heterocycles. The van der Waals surface area contributed by atoms with Gasteiger partial charge >= 0.3 is 5.97 Å². The average molecular weight is 514 g/mol. The third-order valence-electron chi connectivity index (χ3n) is 4.23. The van der Waals surface area contributed by atoms with E-state index in [2.05, 4.69) is 30.9 Å². The fourth-order valence-corrected chi connectivity index (χ4v) is 2.48. The summed E-state index contributed by atoms with van der Waals surface area (Å²) >= 11 is 0. The number of aliphatic imine (C=N–C) groups is 1. The first-order valence-electron chi connectivity index (χ1n) is 13.1. The van der Waals surface area contributed by atoms with Gasteiger partial charge in [0.15, 0.2) is 6.10 Å². The van der Waals surface area contributed by atoms with Crippen molar-refractivity contribution in [3.8, 4) is 0 Å². The summed E-state index contributed by atoms with van der Waals surface area (Å²) in [5.74, 6) is -0.213. The molecular formula is C32H51NO4. The fourth-order valence-electron chi connectivity index (χ4n) is 2.48. The van der Waals surface area contributed by atoms with Gasteiger partial charge in [-0.1, -0.05) is 81.9 Å². The highest BCUT2D eigenvalue weighted by atomic mass is 16.5. The molecule has 1 rings (SSSR count). The molecule has 0 aromatic heterocycles. The van der Waals surface area contributed by atoms with E-state index >= 15 is 0 Å². The molecule has 5 heteroatoms. The number of carboxylic acid groups (broad SMARTS) is 1. The van der Waals surface area contributed by atoms with Crippen LogP contribution >= 0.6 is 0 Å².